The smallest absolute Gasteiger partial charge is 0.374 e. The Balaban J connectivity index is 2.45. The summed E-state index contributed by atoms with van der Waals surface area (Å²) >= 11 is 0. The van der Waals surface area contributed by atoms with Crippen molar-refractivity contribution in [3.63, 3.8) is 0 Å². The van der Waals surface area contributed by atoms with Gasteiger partial charge in [0, 0.05) is 25.9 Å². The van der Waals surface area contributed by atoms with Crippen LogP contribution in [0.15, 0.2) is 30.3 Å². The molecule has 1 aromatic rings. The van der Waals surface area contributed by atoms with Crippen LogP contribution in [0.2, 0.25) is 6.04 Å². The standard InChI is InChI=1S/C18H32O3Si/c1-5-19-22(20-6-2,21-7-3)16-15-17(4)13-14-18-11-9-8-10-12-18/h8-12,17H,5-7,13-16H2,1-4H3. The summed E-state index contributed by atoms with van der Waals surface area (Å²) in [6.45, 7) is 10.3. The molecule has 1 aromatic carbocycles. The minimum Gasteiger partial charge on any atom is -0.374 e. The van der Waals surface area contributed by atoms with E-state index in [1.54, 1.807) is 0 Å². The number of hydrogen-bond donors (Lipinski definition) is 0. The summed E-state index contributed by atoms with van der Waals surface area (Å²) < 4.78 is 17.8. The van der Waals surface area contributed by atoms with Crippen LogP contribution >= 0.6 is 0 Å². The molecule has 4 heteroatoms. The quantitative estimate of drug-likeness (QED) is 0.522. The fraction of sp³-hybridized carbons (Fsp3) is 0.667. The lowest BCUT2D eigenvalue weighted by atomic mass is 9.99. The normalized spacial score (nSPS) is 13.3. The van der Waals surface area contributed by atoms with Gasteiger partial charge in [-0.2, -0.15) is 0 Å². The average Bonchev–Trinajstić information content (AvgIpc) is 2.53. The van der Waals surface area contributed by atoms with Crippen molar-refractivity contribution in [3.8, 4) is 0 Å². The summed E-state index contributed by atoms with van der Waals surface area (Å²) in [6.07, 6.45) is 3.42. The topological polar surface area (TPSA) is 27.7 Å². The van der Waals surface area contributed by atoms with Crippen molar-refractivity contribution in [3.05, 3.63) is 35.9 Å². The van der Waals surface area contributed by atoms with Crippen LogP contribution in [0.4, 0.5) is 0 Å². The summed E-state index contributed by atoms with van der Waals surface area (Å²) in [7, 11) is -2.47. The third-order valence-electron chi connectivity index (χ3n) is 3.80. The Morgan fingerprint density at radius 3 is 1.91 bits per heavy atom. The lowest BCUT2D eigenvalue weighted by Gasteiger charge is -2.29. The maximum Gasteiger partial charge on any atom is 0.500 e. The highest BCUT2D eigenvalue weighted by molar-refractivity contribution is 6.60. The van der Waals surface area contributed by atoms with Gasteiger partial charge in [0.15, 0.2) is 0 Å². The number of benzene rings is 1. The summed E-state index contributed by atoms with van der Waals surface area (Å²) in [5.41, 5.74) is 1.41. The number of rotatable bonds is 12. The Labute approximate surface area is 137 Å². The van der Waals surface area contributed by atoms with Gasteiger partial charge in [-0.15, -0.1) is 0 Å². The Kier molecular flexibility index (Phi) is 9.63. The van der Waals surface area contributed by atoms with Gasteiger partial charge >= 0.3 is 8.80 Å². The maximum atomic E-state index is 5.92. The summed E-state index contributed by atoms with van der Waals surface area (Å²) in [5, 5.41) is 0. The largest absolute Gasteiger partial charge is 0.500 e. The van der Waals surface area contributed by atoms with E-state index in [4.69, 9.17) is 13.3 Å². The molecule has 22 heavy (non-hydrogen) atoms. The summed E-state index contributed by atoms with van der Waals surface area (Å²) in [6, 6.07) is 11.6. The van der Waals surface area contributed by atoms with Crippen LogP contribution < -0.4 is 0 Å². The van der Waals surface area contributed by atoms with Crippen LogP contribution in [0.3, 0.4) is 0 Å². The van der Waals surface area contributed by atoms with Crippen LogP contribution in [0, 0.1) is 5.92 Å². The molecule has 0 aromatic heterocycles. The molecule has 0 amide bonds. The summed E-state index contributed by atoms with van der Waals surface area (Å²) in [5.74, 6) is 0.647. The van der Waals surface area contributed by atoms with Crippen molar-refractivity contribution in [2.24, 2.45) is 5.92 Å². The predicted molar refractivity (Wildman–Crippen MR) is 94.0 cm³/mol. The highest BCUT2D eigenvalue weighted by Gasteiger charge is 2.40. The molecule has 0 aliphatic heterocycles. The first-order valence-corrected chi connectivity index (χ1v) is 10.5. The zero-order valence-electron chi connectivity index (χ0n) is 14.6. The van der Waals surface area contributed by atoms with Gasteiger partial charge < -0.3 is 13.3 Å². The van der Waals surface area contributed by atoms with E-state index in [-0.39, 0.29) is 0 Å². The minimum atomic E-state index is -2.47. The Morgan fingerprint density at radius 2 is 1.41 bits per heavy atom. The van der Waals surface area contributed by atoms with E-state index >= 15 is 0 Å². The number of aryl methyl sites for hydroxylation is 1. The molecule has 1 atom stereocenters. The predicted octanol–water partition coefficient (Wildman–Crippen LogP) is 4.69. The molecule has 1 rings (SSSR count). The van der Waals surface area contributed by atoms with Gasteiger partial charge in [0.1, 0.15) is 0 Å². The SMILES string of the molecule is CCO[Si](CCC(C)CCc1ccccc1)(OCC)OCC. The lowest BCUT2D eigenvalue weighted by molar-refractivity contribution is 0.0696. The van der Waals surface area contributed by atoms with Crippen LogP contribution in [-0.4, -0.2) is 28.6 Å². The van der Waals surface area contributed by atoms with E-state index < -0.39 is 8.80 Å². The minimum absolute atomic E-state index is 0.647. The molecule has 0 spiro atoms. The van der Waals surface area contributed by atoms with Crippen molar-refractivity contribution in [2.45, 2.75) is 53.0 Å². The third kappa shape index (κ3) is 7.05. The maximum absolute atomic E-state index is 5.92. The highest BCUT2D eigenvalue weighted by Crippen LogP contribution is 2.23. The first-order valence-electron chi connectivity index (χ1n) is 8.61. The van der Waals surface area contributed by atoms with Crippen LogP contribution in [0.5, 0.6) is 0 Å². The second-order valence-electron chi connectivity index (χ2n) is 5.65. The monoisotopic (exact) mass is 324 g/mol. The van der Waals surface area contributed by atoms with Gasteiger partial charge in [0.2, 0.25) is 0 Å². The van der Waals surface area contributed by atoms with E-state index in [9.17, 15) is 0 Å². The van der Waals surface area contributed by atoms with E-state index in [1.807, 2.05) is 20.8 Å². The fourth-order valence-electron chi connectivity index (χ4n) is 2.63. The highest BCUT2D eigenvalue weighted by atomic mass is 28.4. The van der Waals surface area contributed by atoms with Crippen molar-refractivity contribution in [1.82, 2.24) is 0 Å². The first kappa shape index (κ1) is 19.4. The molecule has 0 saturated heterocycles. The van der Waals surface area contributed by atoms with E-state index in [0.717, 1.165) is 18.9 Å². The fourth-order valence-corrected chi connectivity index (χ4v) is 5.48. The molecule has 0 N–H and O–H groups in total. The number of hydrogen-bond acceptors (Lipinski definition) is 3. The summed E-state index contributed by atoms with van der Waals surface area (Å²) in [4.78, 5) is 0. The van der Waals surface area contributed by atoms with Gasteiger partial charge in [-0.25, -0.2) is 0 Å². The van der Waals surface area contributed by atoms with E-state index in [1.165, 1.54) is 12.0 Å². The van der Waals surface area contributed by atoms with Crippen molar-refractivity contribution >= 4 is 8.80 Å². The zero-order valence-corrected chi connectivity index (χ0v) is 15.6. The molecular weight excluding hydrogens is 292 g/mol. The second kappa shape index (κ2) is 10.9. The Bertz CT molecular complexity index is 366. The molecule has 0 bridgehead atoms. The molecule has 0 heterocycles. The van der Waals surface area contributed by atoms with Crippen LogP contribution in [0.25, 0.3) is 0 Å². The van der Waals surface area contributed by atoms with Gasteiger partial charge in [0.05, 0.1) is 0 Å². The molecule has 126 valence electrons. The molecule has 0 aliphatic carbocycles. The van der Waals surface area contributed by atoms with Gasteiger partial charge in [-0.05, 0) is 51.5 Å². The lowest BCUT2D eigenvalue weighted by Crippen LogP contribution is -2.46. The molecule has 0 fully saturated rings. The van der Waals surface area contributed by atoms with Crippen molar-refractivity contribution < 1.29 is 13.3 Å². The molecular formula is C18H32O3Si. The molecule has 0 radical (unpaired) electrons. The van der Waals surface area contributed by atoms with Crippen molar-refractivity contribution in [2.75, 3.05) is 19.8 Å². The van der Waals surface area contributed by atoms with E-state index in [0.29, 0.717) is 25.7 Å². The van der Waals surface area contributed by atoms with Gasteiger partial charge in [0.25, 0.3) is 0 Å². The van der Waals surface area contributed by atoms with Crippen LogP contribution in [-0.2, 0) is 19.7 Å². The van der Waals surface area contributed by atoms with Gasteiger partial charge in [-0.3, -0.25) is 0 Å². The van der Waals surface area contributed by atoms with Crippen molar-refractivity contribution in [1.29, 1.82) is 0 Å². The second-order valence-corrected chi connectivity index (χ2v) is 8.38. The van der Waals surface area contributed by atoms with E-state index in [2.05, 4.69) is 37.3 Å². The Hall–Kier alpha value is -0.683. The molecule has 1 unspecified atom stereocenters. The third-order valence-corrected chi connectivity index (χ3v) is 6.89. The van der Waals surface area contributed by atoms with Crippen LogP contribution in [0.1, 0.15) is 46.1 Å². The first-order chi connectivity index (χ1) is 10.7. The molecule has 0 saturated carbocycles. The molecule has 3 nitrogen and oxygen atoms in total. The zero-order chi connectivity index (χ0) is 16.3. The van der Waals surface area contributed by atoms with Gasteiger partial charge in [-0.1, -0.05) is 37.3 Å². The molecule has 0 aliphatic rings. The average molecular weight is 325 g/mol. The Morgan fingerprint density at radius 1 is 0.864 bits per heavy atom.